The summed E-state index contributed by atoms with van der Waals surface area (Å²) in [4.78, 5) is 27.8. The van der Waals surface area contributed by atoms with Gasteiger partial charge in [-0.25, -0.2) is 4.68 Å². The molecule has 0 bridgehead atoms. The van der Waals surface area contributed by atoms with Gasteiger partial charge >= 0.3 is 0 Å². The molecule has 1 aromatic rings. The second-order valence-electron chi connectivity index (χ2n) is 5.24. The molecule has 1 N–H and O–H groups in total. The van der Waals surface area contributed by atoms with Crippen molar-refractivity contribution in [2.75, 3.05) is 0 Å². The molecule has 0 aromatic carbocycles. The Kier molecular flexibility index (Phi) is 8.79. The summed E-state index contributed by atoms with van der Waals surface area (Å²) in [5.41, 5.74) is 0. The Hall–Kier alpha value is -1.98. The lowest BCUT2D eigenvalue weighted by Gasteiger charge is -2.08. The third kappa shape index (κ3) is 7.15. The lowest BCUT2D eigenvalue weighted by molar-refractivity contribution is -0.119. The SMILES string of the molecule is CCCCCC(=O)N=C(NC(=O)CCCCC)n1cccn1. The summed E-state index contributed by atoms with van der Waals surface area (Å²) in [5, 5.41) is 6.72. The van der Waals surface area contributed by atoms with Crippen molar-refractivity contribution in [1.82, 2.24) is 15.1 Å². The molecule has 0 saturated carbocycles. The Balaban J connectivity index is 2.64. The smallest absolute Gasteiger partial charge is 0.248 e. The van der Waals surface area contributed by atoms with Gasteiger partial charge in [-0.3, -0.25) is 14.9 Å². The molecule has 6 heteroatoms. The maximum absolute atomic E-state index is 11.9. The molecule has 1 rings (SSSR count). The number of aromatic nitrogens is 2. The summed E-state index contributed by atoms with van der Waals surface area (Å²) in [6.07, 6.45) is 9.84. The molecule has 0 radical (unpaired) electrons. The van der Waals surface area contributed by atoms with Crippen LogP contribution in [0.5, 0.6) is 0 Å². The van der Waals surface area contributed by atoms with Crippen molar-refractivity contribution in [2.45, 2.75) is 65.2 Å². The van der Waals surface area contributed by atoms with E-state index in [1.165, 1.54) is 4.68 Å². The highest BCUT2D eigenvalue weighted by Gasteiger charge is 2.10. The number of hydrogen-bond acceptors (Lipinski definition) is 3. The largest absolute Gasteiger partial charge is 0.294 e. The van der Waals surface area contributed by atoms with Crippen molar-refractivity contribution >= 4 is 17.8 Å². The summed E-state index contributed by atoms with van der Waals surface area (Å²) in [5.74, 6) is -0.176. The zero-order valence-electron chi connectivity index (χ0n) is 13.5. The first-order valence-corrected chi connectivity index (χ1v) is 8.08. The van der Waals surface area contributed by atoms with Crippen LogP contribution in [0.15, 0.2) is 23.5 Å². The zero-order valence-corrected chi connectivity index (χ0v) is 13.5. The average molecular weight is 306 g/mol. The number of amides is 2. The van der Waals surface area contributed by atoms with E-state index in [1.54, 1.807) is 18.5 Å². The van der Waals surface area contributed by atoms with Gasteiger partial charge in [0.25, 0.3) is 0 Å². The predicted octanol–water partition coefficient (Wildman–Crippen LogP) is 2.89. The first kappa shape index (κ1) is 18.1. The summed E-state index contributed by atoms with van der Waals surface area (Å²) in [6.45, 7) is 4.17. The third-order valence-electron chi connectivity index (χ3n) is 3.20. The molecular weight excluding hydrogens is 280 g/mol. The van der Waals surface area contributed by atoms with Gasteiger partial charge in [0.1, 0.15) is 0 Å². The van der Waals surface area contributed by atoms with Crippen molar-refractivity contribution in [3.8, 4) is 0 Å². The van der Waals surface area contributed by atoms with Crippen LogP contribution < -0.4 is 5.32 Å². The molecule has 6 nitrogen and oxygen atoms in total. The molecule has 0 atom stereocenters. The van der Waals surface area contributed by atoms with Crippen molar-refractivity contribution < 1.29 is 9.59 Å². The molecule has 0 aliphatic heterocycles. The Labute approximate surface area is 132 Å². The first-order chi connectivity index (χ1) is 10.7. The molecule has 0 unspecified atom stereocenters. The van der Waals surface area contributed by atoms with Crippen LogP contribution in [0.3, 0.4) is 0 Å². The van der Waals surface area contributed by atoms with Gasteiger partial charge in [-0.15, -0.1) is 0 Å². The molecular formula is C16H26N4O2. The predicted molar refractivity (Wildman–Crippen MR) is 86.5 cm³/mol. The molecule has 0 saturated heterocycles. The summed E-state index contributed by atoms with van der Waals surface area (Å²) >= 11 is 0. The van der Waals surface area contributed by atoms with Crippen LogP contribution in [0.1, 0.15) is 65.2 Å². The van der Waals surface area contributed by atoms with Crippen molar-refractivity contribution in [3.05, 3.63) is 18.5 Å². The topological polar surface area (TPSA) is 76.3 Å². The van der Waals surface area contributed by atoms with Crippen LogP contribution in [0.4, 0.5) is 0 Å². The first-order valence-electron chi connectivity index (χ1n) is 8.08. The van der Waals surface area contributed by atoms with Gasteiger partial charge < -0.3 is 0 Å². The number of nitrogens with zero attached hydrogens (tertiary/aromatic N) is 3. The fourth-order valence-electron chi connectivity index (χ4n) is 1.95. The van der Waals surface area contributed by atoms with E-state index in [1.807, 2.05) is 0 Å². The lowest BCUT2D eigenvalue weighted by Crippen LogP contribution is -2.36. The minimum absolute atomic E-state index is 0.135. The molecule has 0 spiro atoms. The van der Waals surface area contributed by atoms with Crippen LogP contribution in [0, 0.1) is 0 Å². The van der Waals surface area contributed by atoms with E-state index >= 15 is 0 Å². The van der Waals surface area contributed by atoms with Gasteiger partial charge in [0.05, 0.1) is 0 Å². The Morgan fingerprint density at radius 2 is 1.77 bits per heavy atom. The molecule has 0 aliphatic carbocycles. The van der Waals surface area contributed by atoms with E-state index in [9.17, 15) is 9.59 Å². The average Bonchev–Trinajstić information content (AvgIpc) is 3.01. The Morgan fingerprint density at radius 1 is 1.09 bits per heavy atom. The van der Waals surface area contributed by atoms with Gasteiger partial charge in [0.15, 0.2) is 0 Å². The van der Waals surface area contributed by atoms with Crippen LogP contribution in [-0.4, -0.2) is 27.6 Å². The normalized spacial score (nSPS) is 11.5. The summed E-state index contributed by atoms with van der Waals surface area (Å²) < 4.78 is 1.41. The lowest BCUT2D eigenvalue weighted by atomic mass is 10.2. The number of hydrogen-bond donors (Lipinski definition) is 1. The third-order valence-corrected chi connectivity index (χ3v) is 3.20. The van der Waals surface area contributed by atoms with E-state index < -0.39 is 0 Å². The monoisotopic (exact) mass is 306 g/mol. The molecule has 1 heterocycles. The van der Waals surface area contributed by atoms with E-state index in [4.69, 9.17) is 0 Å². The Morgan fingerprint density at radius 3 is 2.36 bits per heavy atom. The number of carbonyl (C=O) groups is 2. The minimum atomic E-state index is -0.229. The molecule has 0 fully saturated rings. The molecule has 22 heavy (non-hydrogen) atoms. The fraction of sp³-hybridized carbons (Fsp3) is 0.625. The highest BCUT2D eigenvalue weighted by molar-refractivity contribution is 6.02. The maximum atomic E-state index is 11.9. The van der Waals surface area contributed by atoms with Gasteiger partial charge in [-0.2, -0.15) is 10.1 Å². The van der Waals surface area contributed by atoms with Crippen molar-refractivity contribution in [1.29, 1.82) is 0 Å². The number of carbonyl (C=O) groups excluding carboxylic acids is 2. The van der Waals surface area contributed by atoms with Crippen LogP contribution in [0.25, 0.3) is 0 Å². The van der Waals surface area contributed by atoms with Gasteiger partial charge in [-0.1, -0.05) is 39.5 Å². The van der Waals surface area contributed by atoms with E-state index in [-0.39, 0.29) is 17.8 Å². The standard InChI is InChI=1S/C16H26N4O2/c1-3-5-7-10-14(21)18-16(20-13-9-12-17-20)19-15(22)11-8-6-4-2/h9,12-13H,3-8,10-11H2,1-2H3,(H,18,19,21,22). The van der Waals surface area contributed by atoms with Crippen LogP contribution >= 0.6 is 0 Å². The second-order valence-corrected chi connectivity index (χ2v) is 5.24. The minimum Gasteiger partial charge on any atom is -0.294 e. The van der Waals surface area contributed by atoms with Crippen LogP contribution in [-0.2, 0) is 9.59 Å². The highest BCUT2D eigenvalue weighted by Crippen LogP contribution is 2.02. The van der Waals surface area contributed by atoms with Crippen molar-refractivity contribution in [3.63, 3.8) is 0 Å². The zero-order chi connectivity index (χ0) is 16.2. The number of aliphatic imine (C=N–C) groups is 1. The Bertz CT molecular complexity index is 480. The second kappa shape index (κ2) is 10.7. The van der Waals surface area contributed by atoms with Gasteiger partial charge in [0.2, 0.25) is 17.8 Å². The molecule has 122 valence electrons. The quantitative estimate of drug-likeness (QED) is 0.456. The molecule has 2 amide bonds. The van der Waals surface area contributed by atoms with E-state index in [0.29, 0.717) is 12.8 Å². The van der Waals surface area contributed by atoms with Gasteiger partial charge in [-0.05, 0) is 18.9 Å². The number of unbranched alkanes of at least 4 members (excludes halogenated alkanes) is 4. The number of rotatable bonds is 8. The number of nitrogens with one attached hydrogen (secondary N) is 1. The van der Waals surface area contributed by atoms with Crippen LogP contribution in [0.2, 0.25) is 0 Å². The van der Waals surface area contributed by atoms with Gasteiger partial charge in [0, 0.05) is 25.2 Å². The highest BCUT2D eigenvalue weighted by atomic mass is 16.2. The molecule has 0 aliphatic rings. The fourth-order valence-corrected chi connectivity index (χ4v) is 1.95. The summed E-state index contributed by atoms with van der Waals surface area (Å²) in [7, 11) is 0. The summed E-state index contributed by atoms with van der Waals surface area (Å²) in [6, 6.07) is 1.72. The van der Waals surface area contributed by atoms with E-state index in [0.717, 1.165) is 38.5 Å². The van der Waals surface area contributed by atoms with Crippen molar-refractivity contribution in [2.24, 2.45) is 4.99 Å². The molecule has 1 aromatic heterocycles. The maximum Gasteiger partial charge on any atom is 0.248 e. The van der Waals surface area contributed by atoms with E-state index in [2.05, 4.69) is 29.3 Å².